The second-order valence-electron chi connectivity index (χ2n) is 6.61. The molecule has 1 aromatic rings. The monoisotopic (exact) mass is 290 g/mol. The molecule has 1 aliphatic heterocycles. The molecule has 3 atom stereocenters. The van der Waals surface area contributed by atoms with Crippen LogP contribution in [-0.4, -0.2) is 49.8 Å². The number of nitrogens with one attached hydrogen (secondary N) is 1. The Balaban J connectivity index is 2.01. The third kappa shape index (κ3) is 4.53. The Morgan fingerprint density at radius 2 is 1.95 bits per heavy atom. The summed E-state index contributed by atoms with van der Waals surface area (Å²) in [6, 6.07) is 12.4. The van der Waals surface area contributed by atoms with Crippen molar-refractivity contribution in [1.29, 1.82) is 0 Å². The van der Waals surface area contributed by atoms with Crippen LogP contribution in [0, 0.1) is 5.92 Å². The number of piperazine rings is 1. The predicted octanol–water partition coefficient (Wildman–Crippen LogP) is 2.56. The van der Waals surface area contributed by atoms with Crippen molar-refractivity contribution in [3.05, 3.63) is 35.9 Å². The van der Waals surface area contributed by atoms with Gasteiger partial charge >= 0.3 is 0 Å². The summed E-state index contributed by atoms with van der Waals surface area (Å²) in [6.45, 7) is 9.89. The van der Waals surface area contributed by atoms with Crippen molar-refractivity contribution >= 4 is 0 Å². The van der Waals surface area contributed by atoms with Crippen LogP contribution in [0.3, 0.4) is 0 Å². The molecule has 2 rings (SSSR count). The molecule has 3 nitrogen and oxygen atoms in total. The minimum atomic E-state index is 0.475. The Bertz CT molecular complexity index is 407. The summed E-state index contributed by atoms with van der Waals surface area (Å²) in [5.74, 6) is 0.662. The van der Waals surface area contributed by atoms with Crippen LogP contribution in [0.15, 0.2) is 30.3 Å². The molecule has 0 bridgehead atoms. The fourth-order valence-electron chi connectivity index (χ4n) is 3.36. The fourth-order valence-corrected chi connectivity index (χ4v) is 3.36. The van der Waals surface area contributed by atoms with Crippen LogP contribution in [0.2, 0.25) is 0 Å². The van der Waals surface area contributed by atoms with Gasteiger partial charge in [-0.15, -0.1) is 0 Å². The van der Waals surface area contributed by atoms with Gasteiger partial charge in [0.25, 0.3) is 0 Å². The zero-order valence-electron chi connectivity index (χ0n) is 13.9. The van der Waals surface area contributed by atoms with Crippen molar-refractivity contribution in [3.63, 3.8) is 0 Å². The molecule has 0 amide bonds. The Hall–Kier alpha value is -0.900. The SMILES string of the molecule is COCC(C)N1CC(Cc2ccccc2)NCC1C(C)C. The number of rotatable bonds is 6. The summed E-state index contributed by atoms with van der Waals surface area (Å²) in [5, 5.41) is 3.74. The lowest BCUT2D eigenvalue weighted by Crippen LogP contribution is -2.61. The molecule has 1 heterocycles. The van der Waals surface area contributed by atoms with Crippen LogP contribution in [-0.2, 0) is 11.2 Å². The minimum absolute atomic E-state index is 0.475. The molecule has 1 aliphatic rings. The molecule has 1 aromatic carbocycles. The Morgan fingerprint density at radius 3 is 2.57 bits per heavy atom. The van der Waals surface area contributed by atoms with Gasteiger partial charge in [-0.3, -0.25) is 4.90 Å². The maximum atomic E-state index is 5.38. The van der Waals surface area contributed by atoms with Crippen LogP contribution in [0.1, 0.15) is 26.3 Å². The number of nitrogens with zero attached hydrogens (tertiary/aromatic N) is 1. The first-order valence-electron chi connectivity index (χ1n) is 8.13. The van der Waals surface area contributed by atoms with Gasteiger partial charge in [-0.05, 0) is 24.8 Å². The summed E-state index contributed by atoms with van der Waals surface area (Å²) in [4.78, 5) is 2.64. The predicted molar refractivity (Wildman–Crippen MR) is 88.6 cm³/mol. The average Bonchev–Trinajstić information content (AvgIpc) is 2.48. The van der Waals surface area contributed by atoms with E-state index in [0.29, 0.717) is 24.0 Å². The van der Waals surface area contributed by atoms with Gasteiger partial charge in [0.1, 0.15) is 0 Å². The van der Waals surface area contributed by atoms with E-state index in [9.17, 15) is 0 Å². The van der Waals surface area contributed by atoms with Gasteiger partial charge in [-0.2, -0.15) is 0 Å². The van der Waals surface area contributed by atoms with Gasteiger partial charge in [-0.25, -0.2) is 0 Å². The smallest absolute Gasteiger partial charge is 0.0615 e. The lowest BCUT2D eigenvalue weighted by atomic mass is 9.94. The van der Waals surface area contributed by atoms with Gasteiger partial charge < -0.3 is 10.1 Å². The van der Waals surface area contributed by atoms with Gasteiger partial charge in [0.2, 0.25) is 0 Å². The van der Waals surface area contributed by atoms with Crippen LogP contribution in [0.25, 0.3) is 0 Å². The van der Waals surface area contributed by atoms with Crippen molar-refractivity contribution in [2.24, 2.45) is 5.92 Å². The first kappa shape index (κ1) is 16.5. The summed E-state index contributed by atoms with van der Waals surface area (Å²) in [5.41, 5.74) is 1.41. The Labute approximate surface area is 129 Å². The number of benzene rings is 1. The normalized spacial score (nSPS) is 25.2. The van der Waals surface area contributed by atoms with Crippen LogP contribution in [0.5, 0.6) is 0 Å². The molecule has 0 saturated carbocycles. The second kappa shape index (κ2) is 7.92. The molecule has 3 unspecified atom stereocenters. The largest absolute Gasteiger partial charge is 0.383 e. The highest BCUT2D eigenvalue weighted by Gasteiger charge is 2.32. The molecule has 0 spiro atoms. The molecule has 21 heavy (non-hydrogen) atoms. The van der Waals surface area contributed by atoms with E-state index in [4.69, 9.17) is 4.74 Å². The molecular formula is C18H30N2O. The van der Waals surface area contributed by atoms with Gasteiger partial charge in [0.15, 0.2) is 0 Å². The Morgan fingerprint density at radius 1 is 1.24 bits per heavy atom. The number of methoxy groups -OCH3 is 1. The van der Waals surface area contributed by atoms with Gasteiger partial charge in [0.05, 0.1) is 6.61 Å². The topological polar surface area (TPSA) is 24.5 Å². The zero-order chi connectivity index (χ0) is 15.2. The third-order valence-corrected chi connectivity index (χ3v) is 4.54. The molecule has 1 saturated heterocycles. The average molecular weight is 290 g/mol. The number of hydrogen-bond donors (Lipinski definition) is 1. The summed E-state index contributed by atoms with van der Waals surface area (Å²) >= 11 is 0. The van der Waals surface area contributed by atoms with E-state index in [2.05, 4.69) is 61.3 Å². The first-order valence-corrected chi connectivity index (χ1v) is 8.13. The third-order valence-electron chi connectivity index (χ3n) is 4.54. The summed E-state index contributed by atoms with van der Waals surface area (Å²) < 4.78 is 5.38. The van der Waals surface area contributed by atoms with Crippen molar-refractivity contribution < 1.29 is 4.74 Å². The quantitative estimate of drug-likeness (QED) is 0.871. The van der Waals surface area contributed by atoms with E-state index in [-0.39, 0.29) is 0 Å². The van der Waals surface area contributed by atoms with Crippen molar-refractivity contribution in [3.8, 4) is 0 Å². The van der Waals surface area contributed by atoms with E-state index in [1.807, 2.05) is 0 Å². The van der Waals surface area contributed by atoms with E-state index >= 15 is 0 Å². The number of ether oxygens (including phenoxy) is 1. The summed E-state index contributed by atoms with van der Waals surface area (Å²) in [6.07, 6.45) is 1.10. The van der Waals surface area contributed by atoms with Crippen molar-refractivity contribution in [1.82, 2.24) is 10.2 Å². The lowest BCUT2D eigenvalue weighted by molar-refractivity contribution is 0.0243. The van der Waals surface area contributed by atoms with Crippen LogP contribution >= 0.6 is 0 Å². The van der Waals surface area contributed by atoms with Crippen molar-refractivity contribution in [2.45, 2.75) is 45.3 Å². The molecular weight excluding hydrogens is 260 g/mol. The molecule has 1 fully saturated rings. The second-order valence-corrected chi connectivity index (χ2v) is 6.61. The highest BCUT2D eigenvalue weighted by Crippen LogP contribution is 2.20. The molecule has 0 aliphatic carbocycles. The molecule has 1 N–H and O–H groups in total. The minimum Gasteiger partial charge on any atom is -0.383 e. The highest BCUT2D eigenvalue weighted by atomic mass is 16.5. The van der Waals surface area contributed by atoms with E-state index < -0.39 is 0 Å². The molecule has 3 heteroatoms. The standard InChI is InChI=1S/C18H30N2O/c1-14(2)18-11-19-17(10-16-8-6-5-7-9-16)12-20(18)15(3)13-21-4/h5-9,14-15,17-19H,10-13H2,1-4H3. The van der Waals surface area contributed by atoms with E-state index in [0.717, 1.165) is 26.1 Å². The highest BCUT2D eigenvalue weighted by molar-refractivity contribution is 5.16. The molecule has 0 aromatic heterocycles. The maximum Gasteiger partial charge on any atom is 0.0615 e. The fraction of sp³-hybridized carbons (Fsp3) is 0.667. The lowest BCUT2D eigenvalue weighted by Gasteiger charge is -2.45. The van der Waals surface area contributed by atoms with Crippen LogP contribution in [0.4, 0.5) is 0 Å². The number of hydrogen-bond acceptors (Lipinski definition) is 3. The first-order chi connectivity index (χ1) is 10.1. The maximum absolute atomic E-state index is 5.38. The van der Waals surface area contributed by atoms with Crippen LogP contribution < -0.4 is 5.32 Å². The van der Waals surface area contributed by atoms with Gasteiger partial charge in [-0.1, -0.05) is 44.2 Å². The van der Waals surface area contributed by atoms with Crippen molar-refractivity contribution in [2.75, 3.05) is 26.8 Å². The molecule has 0 radical (unpaired) electrons. The molecule has 118 valence electrons. The Kier molecular flexibility index (Phi) is 6.22. The van der Waals surface area contributed by atoms with Gasteiger partial charge in [0, 0.05) is 38.3 Å². The summed E-state index contributed by atoms with van der Waals surface area (Å²) in [7, 11) is 1.80. The van der Waals surface area contributed by atoms with E-state index in [1.54, 1.807) is 7.11 Å². The van der Waals surface area contributed by atoms with E-state index in [1.165, 1.54) is 5.56 Å². The zero-order valence-corrected chi connectivity index (χ0v) is 13.9.